The number of piperidine rings is 1. The lowest BCUT2D eigenvalue weighted by atomic mass is 9.66. The minimum atomic E-state index is 0.0369. The van der Waals surface area contributed by atoms with Crippen LogP contribution in [0.25, 0.3) is 0 Å². The number of pyridine rings is 1. The molecule has 1 aromatic heterocycles. The molecule has 1 aromatic carbocycles. The molecule has 4 fully saturated rings. The van der Waals surface area contributed by atoms with Crippen LogP contribution in [0.2, 0.25) is 0 Å². The first-order valence-corrected chi connectivity index (χ1v) is 12.8. The second-order valence-corrected chi connectivity index (χ2v) is 10.5. The zero-order chi connectivity index (χ0) is 23.1. The predicted molar refractivity (Wildman–Crippen MR) is 131 cm³/mol. The van der Waals surface area contributed by atoms with E-state index in [2.05, 4.69) is 69.4 Å². The number of fused-ring (bicyclic) bond motifs is 2. The Balaban J connectivity index is 1.18. The molecule has 7 atom stereocenters. The van der Waals surface area contributed by atoms with Gasteiger partial charge in [0.25, 0.3) is 0 Å². The first-order chi connectivity index (χ1) is 16.7. The number of nitrogens with zero attached hydrogens (tertiary/aromatic N) is 2. The summed E-state index contributed by atoms with van der Waals surface area (Å²) in [7, 11) is 0. The van der Waals surface area contributed by atoms with Gasteiger partial charge in [-0.25, -0.2) is 10.4 Å². The number of nitrogens with one attached hydrogen (secondary N) is 3. The van der Waals surface area contributed by atoms with Gasteiger partial charge in [0, 0.05) is 37.3 Å². The second-order valence-electron chi connectivity index (χ2n) is 10.5. The van der Waals surface area contributed by atoms with Gasteiger partial charge in [0.2, 0.25) is 5.91 Å². The first kappa shape index (κ1) is 22.0. The van der Waals surface area contributed by atoms with E-state index in [4.69, 9.17) is 4.74 Å². The van der Waals surface area contributed by atoms with Gasteiger partial charge in [-0.1, -0.05) is 37.3 Å². The van der Waals surface area contributed by atoms with Crippen LogP contribution < -0.4 is 21.1 Å². The summed E-state index contributed by atoms with van der Waals surface area (Å²) in [6.45, 7) is 5.51. The van der Waals surface area contributed by atoms with Gasteiger partial charge in [0.15, 0.2) is 0 Å². The van der Waals surface area contributed by atoms with E-state index >= 15 is 0 Å². The molecule has 4 heterocycles. The van der Waals surface area contributed by atoms with Crippen LogP contribution in [0.5, 0.6) is 0 Å². The molecular formula is C27H35N5O2. The molecule has 1 saturated carbocycles. The monoisotopic (exact) mass is 461 g/mol. The third-order valence-electron chi connectivity index (χ3n) is 8.63. The van der Waals surface area contributed by atoms with Crippen molar-refractivity contribution < 1.29 is 9.53 Å². The minimum Gasteiger partial charge on any atom is -0.378 e. The van der Waals surface area contributed by atoms with Crippen LogP contribution in [0.1, 0.15) is 49.3 Å². The Labute approximate surface area is 201 Å². The molecule has 0 bridgehead atoms. The highest BCUT2D eigenvalue weighted by atomic mass is 16.5. The van der Waals surface area contributed by atoms with Crippen molar-refractivity contribution in [2.75, 3.05) is 31.2 Å². The number of benzene rings is 1. The van der Waals surface area contributed by atoms with E-state index in [9.17, 15) is 4.79 Å². The average Bonchev–Trinajstić information content (AvgIpc) is 3.30. The van der Waals surface area contributed by atoms with E-state index in [1.807, 2.05) is 12.3 Å². The van der Waals surface area contributed by atoms with Crippen molar-refractivity contribution >= 4 is 11.7 Å². The van der Waals surface area contributed by atoms with E-state index in [1.54, 1.807) is 0 Å². The fourth-order valence-corrected chi connectivity index (χ4v) is 6.66. The highest BCUT2D eigenvalue weighted by Gasteiger charge is 2.49. The van der Waals surface area contributed by atoms with Gasteiger partial charge in [-0.3, -0.25) is 10.2 Å². The maximum Gasteiger partial charge on any atom is 0.223 e. The Morgan fingerprint density at radius 1 is 1.03 bits per heavy atom. The molecule has 1 aliphatic carbocycles. The Morgan fingerprint density at radius 2 is 1.85 bits per heavy atom. The Morgan fingerprint density at radius 3 is 2.68 bits per heavy atom. The lowest BCUT2D eigenvalue weighted by Crippen LogP contribution is -2.56. The first-order valence-electron chi connectivity index (χ1n) is 12.8. The number of morpholine rings is 1. The lowest BCUT2D eigenvalue weighted by molar-refractivity contribution is -0.131. The molecule has 4 aliphatic rings. The molecule has 7 unspecified atom stereocenters. The van der Waals surface area contributed by atoms with Crippen molar-refractivity contribution in [2.24, 2.45) is 17.8 Å². The minimum absolute atomic E-state index is 0.0369. The summed E-state index contributed by atoms with van der Waals surface area (Å²) in [5.74, 6) is 2.55. The van der Waals surface area contributed by atoms with Gasteiger partial charge < -0.3 is 15.0 Å². The highest BCUT2D eigenvalue weighted by Crippen LogP contribution is 2.46. The van der Waals surface area contributed by atoms with Crippen molar-refractivity contribution in [3.8, 4) is 0 Å². The number of amides is 1. The SMILES string of the molecule is CC(c1ccccc1)C1CC2CC3C(CC2NC1=O)NNC3c1ccnc(N2CCOCC2)c1. The Kier molecular flexibility index (Phi) is 6.01. The zero-order valence-electron chi connectivity index (χ0n) is 19.8. The van der Waals surface area contributed by atoms with E-state index in [0.717, 1.165) is 51.4 Å². The molecule has 3 saturated heterocycles. The average molecular weight is 462 g/mol. The van der Waals surface area contributed by atoms with Gasteiger partial charge in [-0.2, -0.15) is 0 Å². The predicted octanol–water partition coefficient (Wildman–Crippen LogP) is 2.77. The van der Waals surface area contributed by atoms with Crippen molar-refractivity contribution in [1.29, 1.82) is 0 Å². The highest BCUT2D eigenvalue weighted by molar-refractivity contribution is 5.81. The molecule has 7 nitrogen and oxygen atoms in total. The number of rotatable bonds is 4. The van der Waals surface area contributed by atoms with Gasteiger partial charge in [-0.05, 0) is 60.3 Å². The van der Waals surface area contributed by atoms with E-state index < -0.39 is 0 Å². The number of aromatic nitrogens is 1. The summed E-state index contributed by atoms with van der Waals surface area (Å²) in [5.41, 5.74) is 9.70. The normalized spacial score (nSPS) is 34.1. The summed E-state index contributed by atoms with van der Waals surface area (Å²) in [5, 5.41) is 3.40. The van der Waals surface area contributed by atoms with Crippen LogP contribution in [-0.2, 0) is 9.53 Å². The molecule has 0 spiro atoms. The third-order valence-corrected chi connectivity index (χ3v) is 8.63. The number of hydrazine groups is 1. The molecule has 34 heavy (non-hydrogen) atoms. The molecule has 2 aromatic rings. The van der Waals surface area contributed by atoms with Crippen molar-refractivity contribution in [2.45, 2.75) is 50.2 Å². The van der Waals surface area contributed by atoms with Gasteiger partial charge in [0.1, 0.15) is 5.82 Å². The molecule has 1 amide bonds. The van der Waals surface area contributed by atoms with Crippen LogP contribution in [-0.4, -0.2) is 49.3 Å². The molecule has 180 valence electrons. The smallest absolute Gasteiger partial charge is 0.223 e. The fraction of sp³-hybridized carbons (Fsp3) is 0.556. The Hall–Kier alpha value is -2.48. The molecule has 3 N–H and O–H groups in total. The zero-order valence-corrected chi connectivity index (χ0v) is 19.8. The van der Waals surface area contributed by atoms with Crippen molar-refractivity contribution in [3.05, 3.63) is 59.8 Å². The molecule has 3 aliphatic heterocycles. The van der Waals surface area contributed by atoms with Crippen LogP contribution in [0.3, 0.4) is 0 Å². The van der Waals surface area contributed by atoms with Crippen LogP contribution in [0, 0.1) is 17.8 Å². The number of hydrogen-bond acceptors (Lipinski definition) is 6. The number of anilines is 1. The van der Waals surface area contributed by atoms with Crippen LogP contribution >= 0.6 is 0 Å². The second kappa shape index (κ2) is 9.29. The van der Waals surface area contributed by atoms with E-state index in [-0.39, 0.29) is 29.8 Å². The summed E-state index contributed by atoms with van der Waals surface area (Å²) in [4.78, 5) is 20.0. The van der Waals surface area contributed by atoms with Crippen molar-refractivity contribution in [3.63, 3.8) is 0 Å². The topological polar surface area (TPSA) is 78.5 Å². The number of carbonyl (C=O) groups excluding carboxylic acids is 1. The summed E-state index contributed by atoms with van der Waals surface area (Å²) in [6, 6.07) is 15.8. The molecular weight excluding hydrogens is 426 g/mol. The number of ether oxygens (including phenoxy) is 1. The van der Waals surface area contributed by atoms with Crippen LogP contribution in [0.15, 0.2) is 48.7 Å². The lowest BCUT2D eigenvalue weighted by Gasteiger charge is -2.45. The molecule has 7 heteroatoms. The third kappa shape index (κ3) is 4.10. The van der Waals surface area contributed by atoms with E-state index in [0.29, 0.717) is 17.9 Å². The Bertz CT molecular complexity index is 1010. The van der Waals surface area contributed by atoms with Crippen molar-refractivity contribution in [1.82, 2.24) is 21.2 Å². The largest absolute Gasteiger partial charge is 0.378 e. The van der Waals surface area contributed by atoms with Gasteiger partial charge >= 0.3 is 0 Å². The molecule has 6 rings (SSSR count). The fourth-order valence-electron chi connectivity index (χ4n) is 6.66. The number of hydrogen-bond donors (Lipinski definition) is 3. The number of carbonyl (C=O) groups is 1. The van der Waals surface area contributed by atoms with E-state index in [1.165, 1.54) is 11.1 Å². The maximum atomic E-state index is 13.1. The maximum absolute atomic E-state index is 13.1. The van der Waals surface area contributed by atoms with Gasteiger partial charge in [-0.15, -0.1) is 0 Å². The van der Waals surface area contributed by atoms with Gasteiger partial charge in [0.05, 0.1) is 19.3 Å². The quantitative estimate of drug-likeness (QED) is 0.650. The summed E-state index contributed by atoms with van der Waals surface area (Å²) < 4.78 is 5.51. The molecule has 0 radical (unpaired) electrons. The standard InChI is InChI=1S/C27H35N5O2/c1-17(18-5-3-2-4-6-18)21-13-20-14-22-24(16-23(20)29-27(21)33)30-31-26(22)19-7-8-28-25(15-19)32-9-11-34-12-10-32/h2-8,15,17,20-24,26,30-31H,9-14,16H2,1H3,(H,29,33). The summed E-state index contributed by atoms with van der Waals surface area (Å²) in [6.07, 6.45) is 5.02. The van der Waals surface area contributed by atoms with Crippen LogP contribution in [0.4, 0.5) is 5.82 Å². The summed E-state index contributed by atoms with van der Waals surface area (Å²) >= 11 is 0.